The molecule has 0 fully saturated rings. The largest absolute Gasteiger partial charge is 0.459 e. The van der Waals surface area contributed by atoms with E-state index in [2.05, 4.69) is 5.32 Å². The lowest BCUT2D eigenvalue weighted by Crippen LogP contribution is -2.34. The van der Waals surface area contributed by atoms with Gasteiger partial charge in [-0.15, -0.1) is 0 Å². The molecule has 4 rings (SSSR count). The standard InChI is InChI=1S/C24H25N3O3/c1-15-18-5-3-4-6-21(18)30-22(15)14-27(2)23(28)12-8-16-7-11-20-17(13-16)9-10-19(25)24(29)26-20/h3-8,11-13,19H,9-10,14,25H2,1-2H3,(H,26,29)/b12-8+. The van der Waals surface area contributed by atoms with Gasteiger partial charge in [-0.05, 0) is 55.2 Å². The van der Waals surface area contributed by atoms with E-state index in [4.69, 9.17) is 10.2 Å². The number of para-hydroxylation sites is 1. The van der Waals surface area contributed by atoms with E-state index in [0.717, 1.165) is 45.5 Å². The zero-order valence-corrected chi connectivity index (χ0v) is 17.1. The van der Waals surface area contributed by atoms with Crippen LogP contribution in [-0.4, -0.2) is 29.8 Å². The van der Waals surface area contributed by atoms with Gasteiger partial charge in [0.15, 0.2) is 0 Å². The number of furan rings is 1. The fourth-order valence-electron chi connectivity index (χ4n) is 3.68. The number of aryl methyl sites for hydroxylation is 2. The van der Waals surface area contributed by atoms with Crippen LogP contribution < -0.4 is 11.1 Å². The fraction of sp³-hybridized carbons (Fsp3) is 0.250. The number of nitrogens with zero attached hydrogens (tertiary/aromatic N) is 1. The van der Waals surface area contributed by atoms with E-state index in [-0.39, 0.29) is 11.8 Å². The van der Waals surface area contributed by atoms with Crippen LogP contribution in [-0.2, 0) is 22.6 Å². The first kappa shape index (κ1) is 19.9. The molecule has 3 aromatic rings. The molecule has 0 bridgehead atoms. The summed E-state index contributed by atoms with van der Waals surface area (Å²) >= 11 is 0. The van der Waals surface area contributed by atoms with Crippen molar-refractivity contribution in [2.75, 3.05) is 12.4 Å². The Bertz CT molecular complexity index is 1150. The zero-order chi connectivity index (χ0) is 21.3. The highest BCUT2D eigenvalue weighted by Crippen LogP contribution is 2.26. The average Bonchev–Trinajstić information content (AvgIpc) is 2.98. The summed E-state index contributed by atoms with van der Waals surface area (Å²) in [6.07, 6.45) is 4.67. The van der Waals surface area contributed by atoms with Gasteiger partial charge in [0, 0.05) is 29.8 Å². The second-order valence-electron chi connectivity index (χ2n) is 7.73. The van der Waals surface area contributed by atoms with Crippen LogP contribution >= 0.6 is 0 Å². The molecule has 0 saturated heterocycles. The number of fused-ring (bicyclic) bond motifs is 2. The van der Waals surface area contributed by atoms with E-state index in [9.17, 15) is 9.59 Å². The van der Waals surface area contributed by atoms with Crippen molar-refractivity contribution in [3.05, 3.63) is 71.0 Å². The second kappa shape index (κ2) is 8.16. The quantitative estimate of drug-likeness (QED) is 0.651. The first-order valence-electron chi connectivity index (χ1n) is 10.0. The van der Waals surface area contributed by atoms with Gasteiger partial charge in [0.25, 0.3) is 0 Å². The number of nitrogens with one attached hydrogen (secondary N) is 1. The molecule has 154 valence electrons. The summed E-state index contributed by atoms with van der Waals surface area (Å²) in [5.74, 6) is 0.521. The highest BCUT2D eigenvalue weighted by Gasteiger charge is 2.20. The molecule has 3 N–H and O–H groups in total. The Kier molecular flexibility index (Phi) is 5.42. The molecule has 2 heterocycles. The molecule has 6 heteroatoms. The van der Waals surface area contributed by atoms with Crippen molar-refractivity contribution in [1.29, 1.82) is 0 Å². The lowest BCUT2D eigenvalue weighted by molar-refractivity contribution is -0.125. The Hall–Kier alpha value is -3.38. The monoisotopic (exact) mass is 403 g/mol. The maximum absolute atomic E-state index is 12.6. The van der Waals surface area contributed by atoms with E-state index in [1.165, 1.54) is 0 Å². The van der Waals surface area contributed by atoms with Gasteiger partial charge in [-0.2, -0.15) is 0 Å². The molecule has 1 aliphatic rings. The van der Waals surface area contributed by atoms with Crippen LogP contribution in [0.3, 0.4) is 0 Å². The number of hydrogen-bond donors (Lipinski definition) is 2. The summed E-state index contributed by atoms with van der Waals surface area (Å²) in [4.78, 5) is 26.1. The van der Waals surface area contributed by atoms with Crippen molar-refractivity contribution in [3.8, 4) is 0 Å². The van der Waals surface area contributed by atoms with E-state index < -0.39 is 6.04 Å². The van der Waals surface area contributed by atoms with Gasteiger partial charge >= 0.3 is 0 Å². The van der Waals surface area contributed by atoms with E-state index in [1.54, 1.807) is 24.1 Å². The Balaban J connectivity index is 1.45. The molecule has 30 heavy (non-hydrogen) atoms. The van der Waals surface area contributed by atoms with E-state index >= 15 is 0 Å². The predicted octanol–water partition coefficient (Wildman–Crippen LogP) is 3.63. The molecule has 2 aromatic carbocycles. The van der Waals surface area contributed by atoms with Gasteiger partial charge in [0.05, 0.1) is 12.6 Å². The number of rotatable bonds is 4. The minimum atomic E-state index is -0.492. The Morgan fingerprint density at radius 3 is 2.90 bits per heavy atom. The Labute approximate surface area is 175 Å². The smallest absolute Gasteiger partial charge is 0.246 e. The summed E-state index contributed by atoms with van der Waals surface area (Å²) in [5.41, 5.74) is 10.4. The third-order valence-electron chi connectivity index (χ3n) is 5.57. The molecule has 2 amide bonds. The van der Waals surface area contributed by atoms with Crippen molar-refractivity contribution in [2.45, 2.75) is 32.4 Å². The SMILES string of the molecule is Cc1c(CN(C)C(=O)/C=C/c2ccc3c(c2)CCC(N)C(=O)N3)oc2ccccc12. The molecule has 0 radical (unpaired) electrons. The molecule has 1 atom stereocenters. The molecular formula is C24H25N3O3. The van der Waals surface area contributed by atoms with Crippen LogP contribution in [0.1, 0.15) is 28.9 Å². The summed E-state index contributed by atoms with van der Waals surface area (Å²) in [6, 6.07) is 13.1. The summed E-state index contributed by atoms with van der Waals surface area (Å²) in [7, 11) is 1.76. The van der Waals surface area contributed by atoms with Gasteiger partial charge in [-0.25, -0.2) is 0 Å². The van der Waals surface area contributed by atoms with Crippen LogP contribution in [0.15, 0.2) is 53.0 Å². The third kappa shape index (κ3) is 4.00. The number of nitrogens with two attached hydrogens (primary N) is 1. The van der Waals surface area contributed by atoms with Gasteiger partial charge in [0.2, 0.25) is 11.8 Å². The van der Waals surface area contributed by atoms with Crippen molar-refractivity contribution >= 4 is 34.5 Å². The van der Waals surface area contributed by atoms with Gasteiger partial charge in [-0.3, -0.25) is 9.59 Å². The summed E-state index contributed by atoms with van der Waals surface area (Å²) in [6.45, 7) is 2.41. The first-order valence-corrected chi connectivity index (χ1v) is 10.0. The predicted molar refractivity (Wildman–Crippen MR) is 118 cm³/mol. The summed E-state index contributed by atoms with van der Waals surface area (Å²) < 4.78 is 5.91. The maximum Gasteiger partial charge on any atom is 0.246 e. The van der Waals surface area contributed by atoms with Crippen LogP contribution in [0.2, 0.25) is 0 Å². The highest BCUT2D eigenvalue weighted by molar-refractivity contribution is 5.96. The lowest BCUT2D eigenvalue weighted by Gasteiger charge is -2.14. The fourth-order valence-corrected chi connectivity index (χ4v) is 3.68. The summed E-state index contributed by atoms with van der Waals surface area (Å²) in [5, 5.41) is 3.92. The second-order valence-corrected chi connectivity index (χ2v) is 7.73. The molecule has 6 nitrogen and oxygen atoms in total. The molecule has 1 aliphatic heterocycles. The molecule has 0 aliphatic carbocycles. The number of amides is 2. The van der Waals surface area contributed by atoms with Crippen LogP contribution in [0.5, 0.6) is 0 Å². The molecule has 0 spiro atoms. The number of carbonyl (C=O) groups excluding carboxylic acids is 2. The van der Waals surface area contributed by atoms with Gasteiger partial charge < -0.3 is 20.4 Å². The number of benzene rings is 2. The van der Waals surface area contributed by atoms with Crippen LogP contribution in [0, 0.1) is 6.92 Å². The molecule has 1 aromatic heterocycles. The average molecular weight is 403 g/mol. The normalized spacial score (nSPS) is 16.4. The number of carbonyl (C=O) groups is 2. The third-order valence-corrected chi connectivity index (χ3v) is 5.57. The Morgan fingerprint density at radius 2 is 2.10 bits per heavy atom. The van der Waals surface area contributed by atoms with Gasteiger partial charge in [-0.1, -0.05) is 24.3 Å². The number of hydrogen-bond acceptors (Lipinski definition) is 4. The minimum absolute atomic E-state index is 0.111. The van der Waals surface area contributed by atoms with E-state index in [0.29, 0.717) is 13.0 Å². The van der Waals surface area contributed by atoms with Crippen molar-refractivity contribution in [2.24, 2.45) is 5.73 Å². The van der Waals surface area contributed by atoms with Crippen LogP contribution in [0.4, 0.5) is 5.69 Å². The molecule has 1 unspecified atom stereocenters. The highest BCUT2D eigenvalue weighted by atomic mass is 16.3. The van der Waals surface area contributed by atoms with E-state index in [1.807, 2.05) is 49.4 Å². The number of likely N-dealkylation sites (N-methyl/N-ethyl adjacent to an activating group) is 1. The maximum atomic E-state index is 12.6. The minimum Gasteiger partial charge on any atom is -0.459 e. The number of anilines is 1. The zero-order valence-electron chi connectivity index (χ0n) is 17.1. The van der Waals surface area contributed by atoms with Crippen molar-refractivity contribution in [3.63, 3.8) is 0 Å². The van der Waals surface area contributed by atoms with Crippen molar-refractivity contribution in [1.82, 2.24) is 4.90 Å². The molecular weight excluding hydrogens is 378 g/mol. The van der Waals surface area contributed by atoms with Crippen molar-refractivity contribution < 1.29 is 14.0 Å². The molecule has 0 saturated carbocycles. The first-order chi connectivity index (χ1) is 14.4. The van der Waals surface area contributed by atoms with Gasteiger partial charge in [0.1, 0.15) is 11.3 Å². The van der Waals surface area contributed by atoms with Crippen LogP contribution in [0.25, 0.3) is 17.0 Å². The topological polar surface area (TPSA) is 88.6 Å². The lowest BCUT2D eigenvalue weighted by atomic mass is 10.0. The Morgan fingerprint density at radius 1 is 1.30 bits per heavy atom.